The molecule has 1 aliphatic rings. The maximum absolute atomic E-state index is 6.27. The van der Waals surface area contributed by atoms with E-state index < -0.39 is 0 Å². The summed E-state index contributed by atoms with van der Waals surface area (Å²) in [5, 5.41) is 1.32. The lowest BCUT2D eigenvalue weighted by molar-refractivity contribution is 0.407. The molecular weight excluding hydrogens is 254 g/mol. The number of benzene rings is 1. The lowest BCUT2D eigenvalue weighted by Gasteiger charge is -2.19. The van der Waals surface area contributed by atoms with Crippen molar-refractivity contribution in [1.82, 2.24) is 0 Å². The van der Waals surface area contributed by atoms with E-state index in [1.54, 1.807) is 7.11 Å². The molecule has 2 atom stereocenters. The summed E-state index contributed by atoms with van der Waals surface area (Å²) in [5.74, 6) is 2.12. The molecule has 1 aliphatic heterocycles. The molecule has 94 valence electrons. The Morgan fingerprint density at radius 1 is 1.59 bits per heavy atom. The zero-order chi connectivity index (χ0) is 12.3. The smallest absolute Gasteiger partial charge is 0.122 e. The van der Waals surface area contributed by atoms with Crippen molar-refractivity contribution in [2.24, 2.45) is 5.73 Å². The van der Waals surface area contributed by atoms with Crippen LogP contribution in [0.2, 0.25) is 5.02 Å². The topological polar surface area (TPSA) is 35.2 Å². The predicted octanol–water partition coefficient (Wildman–Crippen LogP) is 3.11. The minimum Gasteiger partial charge on any atom is -0.496 e. The third-order valence-corrected chi connectivity index (χ3v) is 4.91. The second-order valence-corrected chi connectivity index (χ2v) is 6.16. The Hall–Kier alpha value is -0.380. The van der Waals surface area contributed by atoms with Gasteiger partial charge in [-0.1, -0.05) is 11.6 Å². The normalized spacial score (nSPS) is 21.5. The Labute approximate surface area is 112 Å². The van der Waals surface area contributed by atoms with Crippen molar-refractivity contribution in [2.75, 3.05) is 12.9 Å². The van der Waals surface area contributed by atoms with E-state index in [0.717, 1.165) is 22.8 Å². The quantitative estimate of drug-likeness (QED) is 0.914. The van der Waals surface area contributed by atoms with E-state index in [9.17, 15) is 0 Å². The second-order valence-electron chi connectivity index (χ2n) is 4.38. The van der Waals surface area contributed by atoms with Gasteiger partial charge >= 0.3 is 0 Å². The Balaban J connectivity index is 2.08. The molecule has 0 amide bonds. The van der Waals surface area contributed by atoms with Gasteiger partial charge in [0.05, 0.1) is 7.11 Å². The van der Waals surface area contributed by atoms with Crippen LogP contribution in [0.4, 0.5) is 0 Å². The molecule has 0 aromatic heterocycles. The molecular formula is C13H18ClNOS. The number of ether oxygens (including phenoxy) is 1. The summed E-state index contributed by atoms with van der Waals surface area (Å²) in [6.45, 7) is 0. The Kier molecular flexibility index (Phi) is 4.60. The van der Waals surface area contributed by atoms with Crippen LogP contribution in [-0.4, -0.2) is 24.2 Å². The van der Waals surface area contributed by atoms with Crippen LogP contribution in [0.15, 0.2) is 18.2 Å². The molecule has 0 aliphatic carbocycles. The van der Waals surface area contributed by atoms with Gasteiger partial charge in [-0.2, -0.15) is 11.8 Å². The monoisotopic (exact) mass is 271 g/mol. The molecule has 2 rings (SSSR count). The van der Waals surface area contributed by atoms with E-state index in [2.05, 4.69) is 0 Å². The van der Waals surface area contributed by atoms with Crippen LogP contribution in [0.3, 0.4) is 0 Å². The zero-order valence-corrected chi connectivity index (χ0v) is 11.6. The van der Waals surface area contributed by atoms with Crippen LogP contribution in [0, 0.1) is 0 Å². The van der Waals surface area contributed by atoms with Crippen molar-refractivity contribution >= 4 is 23.4 Å². The van der Waals surface area contributed by atoms with Crippen molar-refractivity contribution in [3.05, 3.63) is 28.8 Å². The average Bonchev–Trinajstić information content (AvgIpc) is 2.83. The summed E-state index contributed by atoms with van der Waals surface area (Å²) >= 11 is 8.00. The molecule has 2 unspecified atom stereocenters. The Morgan fingerprint density at radius 3 is 3.06 bits per heavy atom. The number of rotatable bonds is 4. The highest BCUT2D eigenvalue weighted by Gasteiger charge is 2.23. The van der Waals surface area contributed by atoms with Crippen molar-refractivity contribution in [3.63, 3.8) is 0 Å². The summed E-state index contributed by atoms with van der Waals surface area (Å²) in [4.78, 5) is 0. The first-order chi connectivity index (χ1) is 8.20. The lowest BCUT2D eigenvalue weighted by atomic mass is 10.0. The third-order valence-electron chi connectivity index (χ3n) is 3.14. The summed E-state index contributed by atoms with van der Waals surface area (Å²) in [6, 6.07) is 5.90. The van der Waals surface area contributed by atoms with Crippen LogP contribution >= 0.6 is 23.4 Å². The van der Waals surface area contributed by atoms with E-state index >= 15 is 0 Å². The van der Waals surface area contributed by atoms with Crippen LogP contribution in [0.1, 0.15) is 18.4 Å². The van der Waals surface area contributed by atoms with Gasteiger partial charge in [-0.3, -0.25) is 0 Å². The fraction of sp³-hybridized carbons (Fsp3) is 0.538. The molecule has 2 N–H and O–H groups in total. The zero-order valence-electron chi connectivity index (χ0n) is 9.99. The molecule has 17 heavy (non-hydrogen) atoms. The number of hydrogen-bond acceptors (Lipinski definition) is 3. The third kappa shape index (κ3) is 3.30. The van der Waals surface area contributed by atoms with Gasteiger partial charge in [0.15, 0.2) is 0 Å². The minimum absolute atomic E-state index is 0.190. The average molecular weight is 272 g/mol. The minimum atomic E-state index is 0.190. The molecule has 1 heterocycles. The lowest BCUT2D eigenvalue weighted by Crippen LogP contribution is -2.33. The van der Waals surface area contributed by atoms with Crippen LogP contribution in [-0.2, 0) is 6.42 Å². The number of thioether (sulfide) groups is 1. The van der Waals surface area contributed by atoms with Gasteiger partial charge in [0.1, 0.15) is 5.75 Å². The van der Waals surface area contributed by atoms with Crippen molar-refractivity contribution in [2.45, 2.75) is 30.6 Å². The van der Waals surface area contributed by atoms with Gasteiger partial charge in [0.25, 0.3) is 0 Å². The molecule has 1 aromatic rings. The van der Waals surface area contributed by atoms with E-state index in [1.165, 1.54) is 18.6 Å². The van der Waals surface area contributed by atoms with Crippen LogP contribution in [0.25, 0.3) is 0 Å². The maximum Gasteiger partial charge on any atom is 0.122 e. The highest BCUT2D eigenvalue weighted by molar-refractivity contribution is 8.00. The molecule has 1 aromatic carbocycles. The first kappa shape index (κ1) is 13.1. The highest BCUT2D eigenvalue weighted by atomic mass is 35.5. The van der Waals surface area contributed by atoms with Gasteiger partial charge < -0.3 is 10.5 Å². The van der Waals surface area contributed by atoms with E-state index in [4.69, 9.17) is 22.1 Å². The summed E-state index contributed by atoms with van der Waals surface area (Å²) in [7, 11) is 1.68. The Bertz CT molecular complexity index is 380. The number of methoxy groups -OCH3 is 1. The van der Waals surface area contributed by atoms with Gasteiger partial charge in [0.2, 0.25) is 0 Å². The van der Waals surface area contributed by atoms with Gasteiger partial charge in [-0.15, -0.1) is 0 Å². The van der Waals surface area contributed by atoms with E-state index in [-0.39, 0.29) is 6.04 Å². The fourth-order valence-electron chi connectivity index (χ4n) is 2.23. The molecule has 2 nitrogen and oxygen atoms in total. The SMILES string of the molecule is COc1ccc(Cl)cc1CC(N)C1CCCS1. The first-order valence-electron chi connectivity index (χ1n) is 5.90. The largest absolute Gasteiger partial charge is 0.496 e. The highest BCUT2D eigenvalue weighted by Crippen LogP contribution is 2.31. The van der Waals surface area contributed by atoms with Crippen molar-refractivity contribution in [1.29, 1.82) is 0 Å². The molecule has 0 saturated carbocycles. The molecule has 0 radical (unpaired) electrons. The summed E-state index contributed by atoms with van der Waals surface area (Å²) < 4.78 is 5.34. The number of hydrogen-bond donors (Lipinski definition) is 1. The number of halogens is 1. The van der Waals surface area contributed by atoms with Crippen LogP contribution in [0.5, 0.6) is 5.75 Å². The molecule has 1 saturated heterocycles. The maximum atomic E-state index is 6.27. The van der Waals surface area contributed by atoms with Crippen molar-refractivity contribution < 1.29 is 4.74 Å². The second kappa shape index (κ2) is 5.98. The van der Waals surface area contributed by atoms with Crippen LogP contribution < -0.4 is 10.5 Å². The first-order valence-corrected chi connectivity index (χ1v) is 7.33. The summed E-state index contributed by atoms with van der Waals surface area (Å²) in [6.07, 6.45) is 3.35. The van der Waals surface area contributed by atoms with E-state index in [1.807, 2.05) is 30.0 Å². The summed E-state index contributed by atoms with van der Waals surface area (Å²) in [5.41, 5.74) is 7.38. The van der Waals surface area contributed by atoms with Gasteiger partial charge in [0, 0.05) is 16.3 Å². The number of nitrogens with two attached hydrogens (primary N) is 1. The fourth-order valence-corrected chi connectivity index (χ4v) is 3.74. The van der Waals surface area contributed by atoms with Gasteiger partial charge in [-0.05, 0) is 48.8 Å². The molecule has 4 heteroatoms. The predicted molar refractivity (Wildman–Crippen MR) is 75.2 cm³/mol. The molecule has 0 bridgehead atoms. The van der Waals surface area contributed by atoms with E-state index in [0.29, 0.717) is 5.25 Å². The standard InChI is InChI=1S/C13H18ClNOS/c1-16-12-5-4-10(14)7-9(12)8-11(15)13-3-2-6-17-13/h4-5,7,11,13H,2-3,6,8,15H2,1H3. The Morgan fingerprint density at radius 2 is 2.41 bits per heavy atom. The molecule has 0 spiro atoms. The molecule has 1 fully saturated rings. The van der Waals surface area contributed by atoms with Crippen molar-refractivity contribution in [3.8, 4) is 5.75 Å². The van der Waals surface area contributed by atoms with Gasteiger partial charge in [-0.25, -0.2) is 0 Å².